The molecule has 57 heavy (non-hydrogen) atoms. The standard InChI is InChI=1S/C51H82O6/c1-4-7-10-13-16-19-22-25-28-31-34-37-40-43-49(52)55-46-48(57-51(54)45-42-39-36-33-30-27-24-21-18-15-12-9-6-3)47-56-50(53)44-41-38-35-32-29-26-23-20-17-14-11-8-5-2/h7,10-12,14-16,19-21,23-25,28,34,37,48H,4-6,8-9,13,17-18,22,26-27,29-33,35-36,38-47H2,1-3H3/b10-7-,14-11-,15-12-,19-16-,23-20-,24-21-,28-25-,37-34-. The molecule has 0 bridgehead atoms. The molecule has 0 aromatic carbocycles. The quantitative estimate of drug-likeness (QED) is 0.0267. The zero-order valence-electron chi connectivity index (χ0n) is 36.6. The molecule has 1 atom stereocenters. The molecule has 1 unspecified atom stereocenters. The van der Waals surface area contributed by atoms with Gasteiger partial charge < -0.3 is 14.2 Å². The van der Waals surface area contributed by atoms with Gasteiger partial charge in [-0.25, -0.2) is 0 Å². The van der Waals surface area contributed by atoms with Crippen LogP contribution >= 0.6 is 0 Å². The van der Waals surface area contributed by atoms with Crippen LogP contribution in [-0.2, 0) is 28.6 Å². The summed E-state index contributed by atoms with van der Waals surface area (Å²) in [6, 6.07) is 0. The van der Waals surface area contributed by atoms with Crippen LogP contribution in [-0.4, -0.2) is 37.2 Å². The largest absolute Gasteiger partial charge is 0.462 e. The van der Waals surface area contributed by atoms with Gasteiger partial charge >= 0.3 is 17.9 Å². The van der Waals surface area contributed by atoms with Crippen molar-refractivity contribution in [3.63, 3.8) is 0 Å². The molecule has 0 aromatic rings. The first kappa shape index (κ1) is 53.3. The molecule has 322 valence electrons. The topological polar surface area (TPSA) is 78.9 Å². The zero-order valence-corrected chi connectivity index (χ0v) is 36.6. The van der Waals surface area contributed by atoms with Crippen LogP contribution < -0.4 is 0 Å². The average molecular weight is 791 g/mol. The van der Waals surface area contributed by atoms with Gasteiger partial charge in [0.05, 0.1) is 0 Å². The summed E-state index contributed by atoms with van der Waals surface area (Å²) < 4.78 is 16.6. The van der Waals surface area contributed by atoms with Gasteiger partial charge in [0, 0.05) is 19.3 Å². The second-order valence-corrected chi connectivity index (χ2v) is 14.6. The maximum atomic E-state index is 12.7. The van der Waals surface area contributed by atoms with E-state index >= 15 is 0 Å². The van der Waals surface area contributed by atoms with Crippen LogP contribution in [0.2, 0.25) is 0 Å². The predicted molar refractivity (Wildman–Crippen MR) is 242 cm³/mol. The van der Waals surface area contributed by atoms with E-state index in [1.165, 1.54) is 12.8 Å². The third kappa shape index (κ3) is 43.3. The highest BCUT2D eigenvalue weighted by Gasteiger charge is 2.19. The average Bonchev–Trinajstić information content (AvgIpc) is 3.21. The molecule has 0 heterocycles. The zero-order chi connectivity index (χ0) is 41.5. The van der Waals surface area contributed by atoms with Crippen molar-refractivity contribution >= 4 is 17.9 Å². The van der Waals surface area contributed by atoms with Gasteiger partial charge in [-0.15, -0.1) is 0 Å². The van der Waals surface area contributed by atoms with E-state index in [0.29, 0.717) is 19.3 Å². The number of hydrogen-bond donors (Lipinski definition) is 0. The van der Waals surface area contributed by atoms with Gasteiger partial charge in [0.1, 0.15) is 13.2 Å². The van der Waals surface area contributed by atoms with E-state index in [1.54, 1.807) is 0 Å². The molecule has 6 heteroatoms. The Balaban J connectivity index is 4.54. The second-order valence-electron chi connectivity index (χ2n) is 14.6. The highest BCUT2D eigenvalue weighted by molar-refractivity contribution is 5.71. The molecular formula is C51H82O6. The molecule has 0 saturated heterocycles. The number of carbonyl (C=O) groups is 3. The Morgan fingerprint density at radius 3 is 1.18 bits per heavy atom. The predicted octanol–water partition coefficient (Wildman–Crippen LogP) is 14.6. The van der Waals surface area contributed by atoms with Gasteiger partial charge in [-0.3, -0.25) is 14.4 Å². The molecule has 0 aliphatic rings. The first-order valence-electron chi connectivity index (χ1n) is 22.7. The van der Waals surface area contributed by atoms with Crippen LogP contribution in [0.25, 0.3) is 0 Å². The Labute approximate surface area is 349 Å². The molecule has 0 N–H and O–H groups in total. The molecule has 0 radical (unpaired) electrons. The van der Waals surface area contributed by atoms with E-state index < -0.39 is 6.10 Å². The minimum absolute atomic E-state index is 0.114. The fourth-order valence-corrected chi connectivity index (χ4v) is 5.65. The summed E-state index contributed by atoms with van der Waals surface area (Å²) >= 11 is 0. The van der Waals surface area contributed by atoms with Gasteiger partial charge in [0.15, 0.2) is 6.10 Å². The van der Waals surface area contributed by atoms with Gasteiger partial charge in [0.2, 0.25) is 0 Å². The van der Waals surface area contributed by atoms with Crippen molar-refractivity contribution in [1.82, 2.24) is 0 Å². The summed E-state index contributed by atoms with van der Waals surface area (Å²) in [5, 5.41) is 0. The summed E-state index contributed by atoms with van der Waals surface area (Å²) in [4.78, 5) is 37.7. The minimum atomic E-state index is -0.818. The molecule has 6 nitrogen and oxygen atoms in total. The lowest BCUT2D eigenvalue weighted by Crippen LogP contribution is -2.30. The fourth-order valence-electron chi connectivity index (χ4n) is 5.65. The number of esters is 3. The monoisotopic (exact) mass is 791 g/mol. The minimum Gasteiger partial charge on any atom is -0.462 e. The molecular weight excluding hydrogens is 709 g/mol. The third-order valence-electron chi connectivity index (χ3n) is 9.02. The Hall–Kier alpha value is -3.67. The Morgan fingerprint density at radius 1 is 0.368 bits per heavy atom. The summed E-state index contributed by atoms with van der Waals surface area (Å²) in [5.74, 6) is -1.04. The molecule has 0 aliphatic heterocycles. The van der Waals surface area contributed by atoms with Crippen molar-refractivity contribution in [1.29, 1.82) is 0 Å². The Bertz CT molecular complexity index is 1180. The van der Waals surface area contributed by atoms with E-state index in [4.69, 9.17) is 14.2 Å². The smallest absolute Gasteiger partial charge is 0.306 e. The lowest BCUT2D eigenvalue weighted by atomic mass is 10.1. The molecule has 0 aromatic heterocycles. The maximum absolute atomic E-state index is 12.7. The summed E-state index contributed by atoms with van der Waals surface area (Å²) in [6.07, 6.45) is 58.3. The molecule has 0 aliphatic carbocycles. The van der Waals surface area contributed by atoms with Crippen molar-refractivity contribution in [2.45, 2.75) is 194 Å². The van der Waals surface area contributed by atoms with E-state index in [0.717, 1.165) is 128 Å². The van der Waals surface area contributed by atoms with Crippen molar-refractivity contribution in [2.24, 2.45) is 0 Å². The van der Waals surface area contributed by atoms with Crippen molar-refractivity contribution in [3.05, 3.63) is 97.2 Å². The van der Waals surface area contributed by atoms with Gasteiger partial charge in [-0.2, -0.15) is 0 Å². The van der Waals surface area contributed by atoms with E-state index in [1.807, 2.05) is 12.2 Å². The first-order valence-corrected chi connectivity index (χ1v) is 22.7. The van der Waals surface area contributed by atoms with Crippen LogP contribution in [0.5, 0.6) is 0 Å². The Morgan fingerprint density at radius 2 is 0.719 bits per heavy atom. The highest BCUT2D eigenvalue weighted by Crippen LogP contribution is 2.12. The van der Waals surface area contributed by atoms with Gasteiger partial charge in [-0.05, 0) is 96.3 Å². The van der Waals surface area contributed by atoms with Crippen molar-refractivity contribution < 1.29 is 28.6 Å². The lowest BCUT2D eigenvalue weighted by Gasteiger charge is -2.18. The van der Waals surface area contributed by atoms with Gasteiger partial charge in [0.25, 0.3) is 0 Å². The lowest BCUT2D eigenvalue weighted by molar-refractivity contribution is -0.166. The Kier molecular flexibility index (Phi) is 42.1. The number of unbranched alkanes of at least 4 members (excludes halogenated alkanes) is 12. The highest BCUT2D eigenvalue weighted by atomic mass is 16.6. The molecule has 0 fully saturated rings. The van der Waals surface area contributed by atoms with Crippen LogP contribution in [0.15, 0.2) is 97.2 Å². The van der Waals surface area contributed by atoms with Gasteiger partial charge in [-0.1, -0.05) is 169 Å². The summed E-state index contributed by atoms with van der Waals surface area (Å²) in [7, 11) is 0. The second kappa shape index (κ2) is 45.0. The number of rotatable bonds is 39. The van der Waals surface area contributed by atoms with Crippen LogP contribution in [0.1, 0.15) is 188 Å². The van der Waals surface area contributed by atoms with Crippen molar-refractivity contribution in [2.75, 3.05) is 13.2 Å². The number of carbonyl (C=O) groups excluding carboxylic acids is 3. The molecule has 0 amide bonds. The van der Waals surface area contributed by atoms with E-state index in [9.17, 15) is 14.4 Å². The van der Waals surface area contributed by atoms with E-state index in [-0.39, 0.29) is 37.5 Å². The maximum Gasteiger partial charge on any atom is 0.306 e. The van der Waals surface area contributed by atoms with E-state index in [2.05, 4.69) is 106 Å². The summed E-state index contributed by atoms with van der Waals surface area (Å²) in [5.41, 5.74) is 0. The summed E-state index contributed by atoms with van der Waals surface area (Å²) in [6.45, 7) is 6.27. The number of allylic oxidation sites excluding steroid dienone is 16. The van der Waals surface area contributed by atoms with Crippen LogP contribution in [0.4, 0.5) is 0 Å². The molecule has 0 rings (SSSR count). The SMILES string of the molecule is CC/C=C\C/C=C\C/C=C\C/C=C\CCC(=O)OCC(COC(=O)CCCCCCC/C=C\C/C=C\CCC)OC(=O)CCCCCCC/C=C\C/C=C\CCC. The van der Waals surface area contributed by atoms with Crippen molar-refractivity contribution in [3.8, 4) is 0 Å². The van der Waals surface area contributed by atoms with Crippen LogP contribution in [0.3, 0.4) is 0 Å². The number of hydrogen-bond acceptors (Lipinski definition) is 6. The molecule has 0 saturated carbocycles. The third-order valence-corrected chi connectivity index (χ3v) is 9.02. The molecule has 0 spiro atoms. The fraction of sp³-hybridized carbons (Fsp3) is 0.627. The number of ether oxygens (including phenoxy) is 3. The van der Waals surface area contributed by atoms with Crippen LogP contribution in [0, 0.1) is 0 Å². The normalized spacial score (nSPS) is 13.0. The first-order chi connectivity index (χ1) is 28.0.